The number of nitrogens with two attached hydrogens (primary N) is 1. The van der Waals surface area contributed by atoms with Gasteiger partial charge in [0.15, 0.2) is 5.16 Å². The molecule has 0 unspecified atom stereocenters. The molecular weight excluding hydrogens is 236 g/mol. The Balaban J connectivity index is 1.97. The van der Waals surface area contributed by atoms with Gasteiger partial charge in [-0.25, -0.2) is 4.98 Å². The number of benzene rings is 1. The topological polar surface area (TPSA) is 83.8 Å². The Labute approximate surface area is 103 Å². The predicted octanol–water partition coefficient (Wildman–Crippen LogP) is 1.37. The molecule has 2 aromatic rings. The number of aromatic nitrogens is 2. The molecule has 0 bridgehead atoms. The summed E-state index contributed by atoms with van der Waals surface area (Å²) in [5.41, 5.74) is 8.25. The minimum absolute atomic E-state index is 0.0111. The first-order chi connectivity index (χ1) is 8.15. The maximum atomic E-state index is 10.7. The van der Waals surface area contributed by atoms with Gasteiger partial charge in [-0.05, 0) is 18.2 Å². The summed E-state index contributed by atoms with van der Waals surface area (Å²) in [6, 6.07) is 5.58. The van der Waals surface area contributed by atoms with Crippen LogP contribution in [0.3, 0.4) is 0 Å². The van der Waals surface area contributed by atoms with Crippen molar-refractivity contribution in [3.8, 4) is 0 Å². The number of rotatable bonds is 4. The van der Waals surface area contributed by atoms with Gasteiger partial charge in [0, 0.05) is 24.9 Å². The van der Waals surface area contributed by atoms with Gasteiger partial charge < -0.3 is 16.0 Å². The van der Waals surface area contributed by atoms with Gasteiger partial charge in [-0.15, -0.1) is 0 Å². The number of carbonyl (C=O) groups is 1. The molecule has 0 saturated carbocycles. The van der Waals surface area contributed by atoms with E-state index in [-0.39, 0.29) is 5.91 Å². The Morgan fingerprint density at radius 3 is 3.18 bits per heavy atom. The van der Waals surface area contributed by atoms with E-state index in [2.05, 4.69) is 15.3 Å². The Morgan fingerprint density at radius 2 is 2.41 bits per heavy atom. The Kier molecular flexibility index (Phi) is 3.53. The highest BCUT2D eigenvalue weighted by atomic mass is 32.2. The van der Waals surface area contributed by atoms with Gasteiger partial charge in [-0.1, -0.05) is 11.8 Å². The van der Waals surface area contributed by atoms with E-state index in [0.717, 1.165) is 27.6 Å². The van der Waals surface area contributed by atoms with Gasteiger partial charge in [0.25, 0.3) is 0 Å². The number of nitrogens with one attached hydrogen (secondary N) is 2. The number of nitrogens with zero attached hydrogens (tertiary/aromatic N) is 1. The molecule has 1 aromatic heterocycles. The number of hydrogen-bond donors (Lipinski definition) is 3. The number of hydrogen-bond acceptors (Lipinski definition) is 4. The maximum Gasteiger partial charge on any atom is 0.216 e. The molecule has 1 heterocycles. The number of carbonyl (C=O) groups excluding carboxylic acids is 1. The number of anilines is 1. The molecule has 0 aliphatic heterocycles. The van der Waals surface area contributed by atoms with Gasteiger partial charge in [0.2, 0.25) is 5.91 Å². The third-order valence-corrected chi connectivity index (χ3v) is 3.07. The highest BCUT2D eigenvalue weighted by Gasteiger charge is 2.03. The van der Waals surface area contributed by atoms with Crippen molar-refractivity contribution in [3.63, 3.8) is 0 Å². The summed E-state index contributed by atoms with van der Waals surface area (Å²) in [7, 11) is 0. The van der Waals surface area contributed by atoms with Crippen LogP contribution in [0.2, 0.25) is 0 Å². The molecule has 2 rings (SSSR count). The summed E-state index contributed by atoms with van der Waals surface area (Å²) in [6.07, 6.45) is 0. The van der Waals surface area contributed by atoms with E-state index in [1.165, 1.54) is 6.92 Å². The van der Waals surface area contributed by atoms with Crippen molar-refractivity contribution >= 4 is 34.4 Å². The minimum atomic E-state index is -0.0111. The fourth-order valence-electron chi connectivity index (χ4n) is 1.45. The normalized spacial score (nSPS) is 10.6. The van der Waals surface area contributed by atoms with Crippen molar-refractivity contribution < 1.29 is 4.79 Å². The molecule has 0 radical (unpaired) electrons. The van der Waals surface area contributed by atoms with Gasteiger partial charge in [0.05, 0.1) is 11.0 Å². The van der Waals surface area contributed by atoms with Crippen LogP contribution in [0, 0.1) is 0 Å². The van der Waals surface area contributed by atoms with Crippen molar-refractivity contribution in [2.24, 2.45) is 0 Å². The van der Waals surface area contributed by atoms with Crippen LogP contribution in [0.15, 0.2) is 23.4 Å². The van der Waals surface area contributed by atoms with E-state index in [9.17, 15) is 4.79 Å². The number of fused-ring (bicyclic) bond motifs is 1. The third-order valence-electron chi connectivity index (χ3n) is 2.20. The zero-order chi connectivity index (χ0) is 12.3. The molecule has 0 atom stereocenters. The standard InChI is InChI=1S/C11H14N4OS/c1-7(16)13-4-5-17-11-14-9-3-2-8(12)6-10(9)15-11/h2-3,6H,4-5,12H2,1H3,(H,13,16)(H,14,15). The first kappa shape index (κ1) is 11.8. The second kappa shape index (κ2) is 5.09. The van der Waals surface area contributed by atoms with Crippen LogP contribution in [0.25, 0.3) is 11.0 Å². The quantitative estimate of drug-likeness (QED) is 0.435. The van der Waals surface area contributed by atoms with Crippen LogP contribution in [-0.2, 0) is 4.79 Å². The average molecular weight is 250 g/mol. The average Bonchev–Trinajstić information content (AvgIpc) is 2.66. The lowest BCUT2D eigenvalue weighted by atomic mass is 10.3. The monoisotopic (exact) mass is 250 g/mol. The van der Waals surface area contributed by atoms with Crippen LogP contribution in [0.4, 0.5) is 5.69 Å². The molecule has 4 N–H and O–H groups in total. The van der Waals surface area contributed by atoms with Gasteiger partial charge in [0.1, 0.15) is 0 Å². The third kappa shape index (κ3) is 3.13. The highest BCUT2D eigenvalue weighted by molar-refractivity contribution is 7.99. The molecule has 1 amide bonds. The summed E-state index contributed by atoms with van der Waals surface area (Å²) in [4.78, 5) is 18.3. The molecular formula is C11H14N4OS. The maximum absolute atomic E-state index is 10.7. The molecule has 6 heteroatoms. The lowest BCUT2D eigenvalue weighted by Crippen LogP contribution is -2.22. The molecule has 90 valence electrons. The lowest BCUT2D eigenvalue weighted by molar-refractivity contribution is -0.118. The largest absolute Gasteiger partial charge is 0.399 e. The summed E-state index contributed by atoms with van der Waals surface area (Å²) < 4.78 is 0. The molecule has 0 aliphatic carbocycles. The van der Waals surface area contributed by atoms with Crippen molar-refractivity contribution in [2.45, 2.75) is 12.1 Å². The fourth-order valence-corrected chi connectivity index (χ4v) is 2.19. The van der Waals surface area contributed by atoms with Gasteiger partial charge >= 0.3 is 0 Å². The van der Waals surface area contributed by atoms with Crippen molar-refractivity contribution in [1.82, 2.24) is 15.3 Å². The number of H-pyrrole nitrogens is 1. The zero-order valence-corrected chi connectivity index (χ0v) is 10.3. The fraction of sp³-hybridized carbons (Fsp3) is 0.273. The first-order valence-corrected chi connectivity index (χ1v) is 6.26. The second-order valence-corrected chi connectivity index (χ2v) is 4.73. The molecule has 0 spiro atoms. The van der Waals surface area contributed by atoms with Crippen LogP contribution in [0.5, 0.6) is 0 Å². The number of aromatic amines is 1. The van der Waals surface area contributed by atoms with E-state index in [1.54, 1.807) is 11.8 Å². The van der Waals surface area contributed by atoms with Crippen molar-refractivity contribution in [3.05, 3.63) is 18.2 Å². The molecule has 0 saturated heterocycles. The van der Waals surface area contributed by atoms with E-state index in [4.69, 9.17) is 5.73 Å². The number of thioether (sulfide) groups is 1. The van der Waals surface area contributed by atoms with Crippen LogP contribution < -0.4 is 11.1 Å². The summed E-state index contributed by atoms with van der Waals surface area (Å²) in [5.74, 6) is 0.775. The number of imidazole rings is 1. The molecule has 0 aliphatic rings. The second-order valence-electron chi connectivity index (χ2n) is 3.65. The minimum Gasteiger partial charge on any atom is -0.399 e. The van der Waals surface area contributed by atoms with Crippen LogP contribution >= 0.6 is 11.8 Å². The first-order valence-electron chi connectivity index (χ1n) is 5.27. The van der Waals surface area contributed by atoms with Crippen molar-refractivity contribution in [1.29, 1.82) is 0 Å². The van der Waals surface area contributed by atoms with E-state index < -0.39 is 0 Å². The molecule has 0 fully saturated rings. The lowest BCUT2D eigenvalue weighted by Gasteiger charge is -1.98. The smallest absolute Gasteiger partial charge is 0.216 e. The highest BCUT2D eigenvalue weighted by Crippen LogP contribution is 2.20. The Bertz CT molecular complexity index is 537. The SMILES string of the molecule is CC(=O)NCCSc1nc2ccc(N)cc2[nH]1. The molecule has 5 nitrogen and oxygen atoms in total. The van der Waals surface area contributed by atoms with E-state index in [1.807, 2.05) is 18.2 Å². The van der Waals surface area contributed by atoms with Crippen LogP contribution in [0.1, 0.15) is 6.92 Å². The van der Waals surface area contributed by atoms with Crippen molar-refractivity contribution in [2.75, 3.05) is 18.0 Å². The van der Waals surface area contributed by atoms with Crippen LogP contribution in [-0.4, -0.2) is 28.2 Å². The number of amides is 1. The molecule has 17 heavy (non-hydrogen) atoms. The zero-order valence-electron chi connectivity index (χ0n) is 9.49. The summed E-state index contributed by atoms with van der Waals surface area (Å²) in [6.45, 7) is 2.15. The summed E-state index contributed by atoms with van der Waals surface area (Å²) >= 11 is 1.57. The van der Waals surface area contributed by atoms with E-state index in [0.29, 0.717) is 6.54 Å². The predicted molar refractivity (Wildman–Crippen MR) is 69.9 cm³/mol. The Hall–Kier alpha value is -1.69. The number of nitrogen functional groups attached to an aromatic ring is 1. The van der Waals surface area contributed by atoms with Gasteiger partial charge in [-0.3, -0.25) is 4.79 Å². The summed E-state index contributed by atoms with van der Waals surface area (Å²) in [5, 5.41) is 3.58. The Morgan fingerprint density at radius 1 is 1.59 bits per heavy atom. The van der Waals surface area contributed by atoms with Gasteiger partial charge in [-0.2, -0.15) is 0 Å². The molecule has 1 aromatic carbocycles. The van der Waals surface area contributed by atoms with E-state index >= 15 is 0 Å².